The maximum Gasteiger partial charge on any atom is 0.417 e. The molecule has 9 heteroatoms. The van der Waals surface area contributed by atoms with Gasteiger partial charge in [0, 0.05) is 31.8 Å². The van der Waals surface area contributed by atoms with Crippen LogP contribution in [0.15, 0.2) is 18.3 Å². The van der Waals surface area contributed by atoms with Gasteiger partial charge in [0.1, 0.15) is 5.82 Å². The number of piperidine rings is 1. The van der Waals surface area contributed by atoms with Crippen LogP contribution in [-0.2, 0) is 15.7 Å². The van der Waals surface area contributed by atoms with Crippen LogP contribution in [0.1, 0.15) is 18.4 Å². The van der Waals surface area contributed by atoms with E-state index in [1.807, 2.05) is 0 Å². The zero-order valence-electron chi connectivity index (χ0n) is 14.6. The van der Waals surface area contributed by atoms with Gasteiger partial charge in [0.25, 0.3) is 0 Å². The van der Waals surface area contributed by atoms with Crippen LogP contribution in [0.2, 0.25) is 0 Å². The predicted molar refractivity (Wildman–Crippen MR) is 87.9 cm³/mol. The molecule has 2 saturated heterocycles. The van der Waals surface area contributed by atoms with Crippen molar-refractivity contribution in [1.82, 2.24) is 9.88 Å². The highest BCUT2D eigenvalue weighted by atomic mass is 19.4. The average Bonchev–Trinajstić information content (AvgIpc) is 2.60. The number of carbonyl (C=O) groups excluding carboxylic acids is 1. The van der Waals surface area contributed by atoms with Crippen LogP contribution in [0.4, 0.5) is 23.8 Å². The lowest BCUT2D eigenvalue weighted by atomic mass is 9.78. The fraction of sp³-hybridized carbons (Fsp3) is 0.647. The van der Waals surface area contributed by atoms with Crippen LogP contribution in [-0.4, -0.2) is 62.5 Å². The summed E-state index contributed by atoms with van der Waals surface area (Å²) in [7, 11) is 1.50. The lowest BCUT2D eigenvalue weighted by molar-refractivity contribution is -0.137. The number of hydrogen-bond donors (Lipinski definition) is 0. The third-order valence-electron chi connectivity index (χ3n) is 4.85. The molecular weight excluding hydrogens is 351 g/mol. The molecule has 3 rings (SSSR count). The summed E-state index contributed by atoms with van der Waals surface area (Å²) < 4.78 is 48.6. The van der Waals surface area contributed by atoms with E-state index in [0.29, 0.717) is 26.3 Å². The highest BCUT2D eigenvalue weighted by molar-refractivity contribution is 5.91. The maximum atomic E-state index is 13.0. The van der Waals surface area contributed by atoms with E-state index in [1.165, 1.54) is 18.1 Å². The van der Waals surface area contributed by atoms with Crippen LogP contribution >= 0.6 is 0 Å². The number of likely N-dealkylation sites (tertiary alicyclic amines) is 1. The monoisotopic (exact) mass is 373 g/mol. The van der Waals surface area contributed by atoms with E-state index < -0.39 is 11.7 Å². The molecule has 3 heterocycles. The number of ether oxygens (including phenoxy) is 2. The Hall–Kier alpha value is -1.87. The van der Waals surface area contributed by atoms with Gasteiger partial charge < -0.3 is 14.4 Å². The Bertz CT molecular complexity index is 632. The minimum atomic E-state index is -4.46. The number of aromatic nitrogens is 1. The Kier molecular flexibility index (Phi) is 5.38. The summed E-state index contributed by atoms with van der Waals surface area (Å²) in [5.74, 6) is 0.185. The van der Waals surface area contributed by atoms with Gasteiger partial charge in [-0.2, -0.15) is 13.2 Å². The quantitative estimate of drug-likeness (QED) is 0.815. The van der Waals surface area contributed by atoms with Crippen LogP contribution in [0.3, 0.4) is 0 Å². The Morgan fingerprint density at radius 1 is 1.42 bits per heavy atom. The van der Waals surface area contributed by atoms with Gasteiger partial charge in [-0.25, -0.2) is 9.78 Å². The average molecular weight is 373 g/mol. The number of urea groups is 1. The van der Waals surface area contributed by atoms with Crippen molar-refractivity contribution in [3.8, 4) is 0 Å². The second-order valence-electron chi connectivity index (χ2n) is 6.85. The second-order valence-corrected chi connectivity index (χ2v) is 6.85. The molecule has 6 nitrogen and oxygen atoms in total. The van der Waals surface area contributed by atoms with Crippen LogP contribution in [0, 0.1) is 5.41 Å². The van der Waals surface area contributed by atoms with E-state index in [1.54, 1.807) is 4.90 Å². The molecule has 2 aliphatic rings. The third-order valence-corrected chi connectivity index (χ3v) is 4.85. The van der Waals surface area contributed by atoms with Crippen molar-refractivity contribution in [2.45, 2.75) is 19.0 Å². The van der Waals surface area contributed by atoms with Gasteiger partial charge in [0.05, 0.1) is 31.9 Å². The minimum Gasteiger partial charge on any atom is -0.383 e. The van der Waals surface area contributed by atoms with Gasteiger partial charge in [0.2, 0.25) is 0 Å². The molecule has 26 heavy (non-hydrogen) atoms. The molecular formula is C17H22F3N3O3. The third kappa shape index (κ3) is 3.93. The molecule has 0 bridgehead atoms. The first kappa shape index (κ1) is 18.9. The van der Waals surface area contributed by atoms with E-state index in [4.69, 9.17) is 9.47 Å². The summed E-state index contributed by atoms with van der Waals surface area (Å²) in [6, 6.07) is 1.90. The standard InChI is InChI=1S/C17H22F3N3O3/c1-25-8-7-23(14-4-3-13(9-21-14)17(18,19)20)15(24)22-6-2-5-16(10-22)11-26-12-16/h3-4,9H,2,5-8,10-12H2,1H3. The molecule has 0 atom stereocenters. The molecule has 0 unspecified atom stereocenters. The molecule has 0 aromatic carbocycles. The zero-order chi connectivity index (χ0) is 18.8. The molecule has 1 aromatic rings. The Morgan fingerprint density at radius 3 is 2.73 bits per heavy atom. The first-order chi connectivity index (χ1) is 12.3. The predicted octanol–water partition coefficient (Wildman–Crippen LogP) is 2.79. The summed E-state index contributed by atoms with van der Waals surface area (Å²) in [4.78, 5) is 20.0. The fourth-order valence-electron chi connectivity index (χ4n) is 3.37. The molecule has 0 radical (unpaired) electrons. The van der Waals surface area contributed by atoms with Crippen LogP contribution in [0.5, 0.6) is 0 Å². The van der Waals surface area contributed by atoms with Gasteiger partial charge in [-0.1, -0.05) is 0 Å². The molecule has 0 saturated carbocycles. The molecule has 144 valence electrons. The number of methoxy groups -OCH3 is 1. The molecule has 0 N–H and O–H groups in total. The fourth-order valence-corrected chi connectivity index (χ4v) is 3.37. The van der Waals surface area contributed by atoms with Gasteiger partial charge in [-0.15, -0.1) is 0 Å². The summed E-state index contributed by atoms with van der Waals surface area (Å²) in [6.45, 7) is 2.98. The summed E-state index contributed by atoms with van der Waals surface area (Å²) in [5, 5.41) is 0. The van der Waals surface area contributed by atoms with Crippen molar-refractivity contribution >= 4 is 11.8 Å². The summed E-state index contributed by atoms with van der Waals surface area (Å²) in [5.41, 5.74) is -0.821. The number of pyridine rings is 1. The number of rotatable bonds is 4. The molecule has 0 aliphatic carbocycles. The van der Waals surface area contributed by atoms with Gasteiger partial charge in [0.15, 0.2) is 0 Å². The van der Waals surface area contributed by atoms with Crippen molar-refractivity contribution in [3.05, 3.63) is 23.9 Å². The van der Waals surface area contributed by atoms with Crippen molar-refractivity contribution in [3.63, 3.8) is 0 Å². The van der Waals surface area contributed by atoms with Crippen LogP contribution in [0.25, 0.3) is 0 Å². The van der Waals surface area contributed by atoms with Crippen molar-refractivity contribution in [2.24, 2.45) is 5.41 Å². The van der Waals surface area contributed by atoms with E-state index in [0.717, 1.165) is 25.1 Å². The number of carbonyl (C=O) groups is 1. The molecule has 1 aromatic heterocycles. The summed E-state index contributed by atoms with van der Waals surface area (Å²) in [6.07, 6.45) is -1.81. The minimum absolute atomic E-state index is 0.0222. The summed E-state index contributed by atoms with van der Waals surface area (Å²) >= 11 is 0. The molecule has 2 amide bonds. The highest BCUT2D eigenvalue weighted by Crippen LogP contribution is 2.37. The topological polar surface area (TPSA) is 54.9 Å². The molecule has 2 aliphatic heterocycles. The highest BCUT2D eigenvalue weighted by Gasteiger charge is 2.44. The largest absolute Gasteiger partial charge is 0.417 e. The number of amides is 2. The van der Waals surface area contributed by atoms with Gasteiger partial charge in [-0.05, 0) is 25.0 Å². The van der Waals surface area contributed by atoms with E-state index in [9.17, 15) is 18.0 Å². The van der Waals surface area contributed by atoms with Crippen LogP contribution < -0.4 is 4.90 Å². The SMILES string of the molecule is COCCN(C(=O)N1CCCC2(COC2)C1)c1ccc(C(F)(F)F)cn1. The van der Waals surface area contributed by atoms with Crippen molar-refractivity contribution in [2.75, 3.05) is 51.5 Å². The Morgan fingerprint density at radius 2 is 2.19 bits per heavy atom. The number of anilines is 1. The van der Waals surface area contributed by atoms with Crippen molar-refractivity contribution in [1.29, 1.82) is 0 Å². The Balaban J connectivity index is 1.77. The number of nitrogens with zero attached hydrogens (tertiary/aromatic N) is 3. The number of alkyl halides is 3. The number of halogens is 3. The molecule has 2 fully saturated rings. The lowest BCUT2D eigenvalue weighted by Crippen LogP contribution is -2.58. The Labute approximate surface area is 149 Å². The molecule has 1 spiro atoms. The first-order valence-corrected chi connectivity index (χ1v) is 8.51. The van der Waals surface area contributed by atoms with E-state index >= 15 is 0 Å². The number of hydrogen-bond acceptors (Lipinski definition) is 4. The maximum absolute atomic E-state index is 13.0. The first-order valence-electron chi connectivity index (χ1n) is 8.51. The van der Waals surface area contributed by atoms with Crippen molar-refractivity contribution < 1.29 is 27.4 Å². The second kappa shape index (κ2) is 7.40. The zero-order valence-corrected chi connectivity index (χ0v) is 14.6. The lowest BCUT2D eigenvalue weighted by Gasteiger charge is -2.48. The van der Waals surface area contributed by atoms with Gasteiger partial charge in [-0.3, -0.25) is 4.90 Å². The normalized spacial score (nSPS) is 19.3. The van der Waals surface area contributed by atoms with E-state index in [-0.39, 0.29) is 30.4 Å². The van der Waals surface area contributed by atoms with Gasteiger partial charge >= 0.3 is 12.2 Å². The van der Waals surface area contributed by atoms with E-state index in [2.05, 4.69) is 4.98 Å². The smallest absolute Gasteiger partial charge is 0.383 e.